The summed E-state index contributed by atoms with van der Waals surface area (Å²) in [6, 6.07) is 0. The van der Waals surface area contributed by atoms with E-state index in [0.29, 0.717) is 0 Å². The summed E-state index contributed by atoms with van der Waals surface area (Å²) in [4.78, 5) is 1.65. The Kier molecular flexibility index (Phi) is 7.25. The third-order valence-electron chi connectivity index (χ3n) is 1.22. The van der Waals surface area contributed by atoms with Crippen molar-refractivity contribution in [1.82, 2.24) is 0 Å². The second kappa shape index (κ2) is 6.60. The normalized spacial score (nSPS) is 12.0. The monoisotopic (exact) mass is 304 g/mol. The maximum atomic E-state index is 5.59. The average molecular weight is 306 g/mol. The third-order valence-corrected chi connectivity index (χ3v) is 8.79. The number of rotatable bonds is 6. The van der Waals surface area contributed by atoms with Crippen LogP contribution >= 0.6 is 31.9 Å². The molecule has 0 rings (SSSR count). The number of hydrogen-bond acceptors (Lipinski definition) is 2. The quantitative estimate of drug-likeness (QED) is 0.554. The summed E-state index contributed by atoms with van der Waals surface area (Å²) >= 11 is 6.83. The summed E-state index contributed by atoms with van der Waals surface area (Å²) < 4.78 is 11.2. The van der Waals surface area contributed by atoms with Gasteiger partial charge in [0.15, 0.2) is 0 Å². The van der Waals surface area contributed by atoms with Crippen molar-refractivity contribution in [1.29, 1.82) is 0 Å². The minimum Gasteiger partial charge on any atom is -0.394 e. The fraction of sp³-hybridized carbons (Fsp3) is 1.00. The molecule has 0 aliphatic carbocycles. The molecule has 0 bridgehead atoms. The van der Waals surface area contributed by atoms with Gasteiger partial charge in [0.1, 0.15) is 0 Å². The van der Waals surface area contributed by atoms with E-state index in [1.165, 1.54) is 0 Å². The van der Waals surface area contributed by atoms with Crippen molar-refractivity contribution in [3.63, 3.8) is 0 Å². The highest BCUT2D eigenvalue weighted by Gasteiger charge is 2.34. The van der Waals surface area contributed by atoms with Crippen molar-refractivity contribution >= 4 is 40.4 Å². The maximum absolute atomic E-state index is 5.59. The number of halogens is 2. The molecule has 0 saturated heterocycles. The second-order valence-electron chi connectivity index (χ2n) is 2.04. The Balaban J connectivity index is 3.96. The third kappa shape index (κ3) is 4.03. The van der Waals surface area contributed by atoms with Crippen LogP contribution in [-0.4, -0.2) is 31.7 Å². The fourth-order valence-electron chi connectivity index (χ4n) is 0.758. The molecule has 0 radical (unpaired) electrons. The van der Waals surface area contributed by atoms with Crippen LogP contribution in [0.5, 0.6) is 0 Å². The SMILES string of the molecule is CCO[Si](CBr)(CBr)OCC. The van der Waals surface area contributed by atoms with Crippen molar-refractivity contribution in [2.75, 3.05) is 23.1 Å². The van der Waals surface area contributed by atoms with Crippen LogP contribution in [0.4, 0.5) is 0 Å². The molecule has 2 nitrogen and oxygen atoms in total. The maximum Gasteiger partial charge on any atom is 0.359 e. The van der Waals surface area contributed by atoms with Gasteiger partial charge in [0, 0.05) is 23.1 Å². The zero-order valence-electron chi connectivity index (χ0n) is 6.90. The fourth-order valence-corrected chi connectivity index (χ4v) is 7.00. The smallest absolute Gasteiger partial charge is 0.359 e. The van der Waals surface area contributed by atoms with E-state index in [4.69, 9.17) is 8.85 Å². The first kappa shape index (κ1) is 12.1. The summed E-state index contributed by atoms with van der Waals surface area (Å²) in [6.07, 6.45) is 0. The molecule has 0 aliphatic heterocycles. The second-order valence-corrected chi connectivity index (χ2v) is 8.34. The molecule has 0 N–H and O–H groups in total. The Labute approximate surface area is 86.2 Å². The van der Waals surface area contributed by atoms with Gasteiger partial charge in [-0.05, 0) is 13.8 Å². The minimum absolute atomic E-state index is 0.726. The molecule has 0 unspecified atom stereocenters. The van der Waals surface area contributed by atoms with Crippen molar-refractivity contribution in [2.45, 2.75) is 13.8 Å². The van der Waals surface area contributed by atoms with Crippen LogP contribution in [0.3, 0.4) is 0 Å². The Hall–Kier alpha value is 1.10. The van der Waals surface area contributed by atoms with E-state index in [-0.39, 0.29) is 0 Å². The van der Waals surface area contributed by atoms with Gasteiger partial charge in [0.2, 0.25) is 0 Å². The van der Waals surface area contributed by atoms with Gasteiger partial charge in [-0.2, -0.15) is 0 Å². The molecule has 0 amide bonds. The Morgan fingerprint density at radius 2 is 1.36 bits per heavy atom. The van der Waals surface area contributed by atoms with Gasteiger partial charge in [-0.3, -0.25) is 0 Å². The lowest BCUT2D eigenvalue weighted by atomic mass is 10.9. The highest BCUT2D eigenvalue weighted by Crippen LogP contribution is 2.13. The van der Waals surface area contributed by atoms with Crippen molar-refractivity contribution in [3.05, 3.63) is 0 Å². The molecule has 68 valence electrons. The predicted octanol–water partition coefficient (Wildman–Crippen LogP) is 2.37. The first-order valence-electron chi connectivity index (χ1n) is 3.64. The number of hydrogen-bond donors (Lipinski definition) is 0. The summed E-state index contributed by atoms with van der Waals surface area (Å²) in [5.41, 5.74) is 0. The van der Waals surface area contributed by atoms with Gasteiger partial charge in [-0.1, -0.05) is 31.9 Å². The molecule has 11 heavy (non-hydrogen) atoms. The number of alkyl halides is 2. The lowest BCUT2D eigenvalue weighted by Crippen LogP contribution is -2.47. The molecule has 5 heteroatoms. The standard InChI is InChI=1S/C6H14Br2O2Si/c1-3-9-11(5-7,6-8)10-4-2/h3-6H2,1-2H3. The summed E-state index contributed by atoms with van der Waals surface area (Å²) in [5.74, 6) is 0. The molecule has 0 aromatic rings. The van der Waals surface area contributed by atoms with Gasteiger partial charge in [0.25, 0.3) is 0 Å². The van der Waals surface area contributed by atoms with Crippen molar-refractivity contribution in [2.24, 2.45) is 0 Å². The van der Waals surface area contributed by atoms with Crippen LogP contribution in [0.15, 0.2) is 0 Å². The summed E-state index contributed by atoms with van der Waals surface area (Å²) in [6.45, 7) is 5.44. The topological polar surface area (TPSA) is 18.5 Å². The highest BCUT2D eigenvalue weighted by atomic mass is 79.9. The van der Waals surface area contributed by atoms with E-state index >= 15 is 0 Å². The summed E-state index contributed by atoms with van der Waals surface area (Å²) in [5, 5.41) is 0. The molecular formula is C6H14Br2O2Si. The van der Waals surface area contributed by atoms with Crippen LogP contribution in [0.1, 0.15) is 13.8 Å². The van der Waals surface area contributed by atoms with Crippen molar-refractivity contribution in [3.8, 4) is 0 Å². The molecule has 0 fully saturated rings. The molecule has 0 heterocycles. The molecule has 0 aromatic carbocycles. The van der Waals surface area contributed by atoms with E-state index in [9.17, 15) is 0 Å². The van der Waals surface area contributed by atoms with Gasteiger partial charge >= 0.3 is 8.56 Å². The van der Waals surface area contributed by atoms with E-state index in [1.54, 1.807) is 0 Å². The zero-order valence-corrected chi connectivity index (χ0v) is 11.1. The van der Waals surface area contributed by atoms with E-state index in [1.807, 2.05) is 13.8 Å². The first-order valence-corrected chi connectivity index (χ1v) is 8.12. The van der Waals surface area contributed by atoms with E-state index in [0.717, 1.165) is 23.1 Å². The lowest BCUT2D eigenvalue weighted by Gasteiger charge is -2.25. The van der Waals surface area contributed by atoms with Gasteiger partial charge in [-0.15, -0.1) is 0 Å². The molecule has 0 aromatic heterocycles. The average Bonchev–Trinajstić information content (AvgIpc) is 2.04. The Morgan fingerprint density at radius 1 is 1.00 bits per heavy atom. The molecule has 0 atom stereocenters. The van der Waals surface area contributed by atoms with Crippen LogP contribution in [-0.2, 0) is 8.85 Å². The first-order chi connectivity index (χ1) is 5.24. The molecule has 0 saturated carbocycles. The predicted molar refractivity (Wildman–Crippen MR) is 56.6 cm³/mol. The Morgan fingerprint density at radius 3 is 1.55 bits per heavy atom. The van der Waals surface area contributed by atoms with Crippen LogP contribution in [0.2, 0.25) is 0 Å². The largest absolute Gasteiger partial charge is 0.394 e. The molecular weight excluding hydrogens is 292 g/mol. The van der Waals surface area contributed by atoms with E-state index in [2.05, 4.69) is 31.9 Å². The van der Waals surface area contributed by atoms with E-state index < -0.39 is 8.56 Å². The molecule has 0 aliphatic rings. The highest BCUT2D eigenvalue weighted by molar-refractivity contribution is 9.10. The van der Waals surface area contributed by atoms with Gasteiger partial charge < -0.3 is 8.85 Å². The van der Waals surface area contributed by atoms with Crippen LogP contribution in [0, 0.1) is 0 Å². The van der Waals surface area contributed by atoms with Crippen LogP contribution < -0.4 is 0 Å². The Bertz CT molecular complexity index is 90.6. The van der Waals surface area contributed by atoms with Crippen LogP contribution in [0.25, 0.3) is 0 Å². The summed E-state index contributed by atoms with van der Waals surface area (Å²) in [7, 11) is -1.91. The van der Waals surface area contributed by atoms with Crippen molar-refractivity contribution < 1.29 is 8.85 Å². The minimum atomic E-state index is -1.91. The lowest BCUT2D eigenvalue weighted by molar-refractivity contribution is 0.194. The molecule has 0 spiro atoms. The van der Waals surface area contributed by atoms with Gasteiger partial charge in [-0.25, -0.2) is 0 Å². The van der Waals surface area contributed by atoms with Gasteiger partial charge in [0.05, 0.1) is 0 Å². The zero-order chi connectivity index (χ0) is 8.74.